The molecule has 0 spiro atoms. The molecule has 0 saturated heterocycles. The van der Waals surface area contributed by atoms with E-state index in [2.05, 4.69) is 26.2 Å². The van der Waals surface area contributed by atoms with Gasteiger partial charge in [0.15, 0.2) is 5.13 Å². The third-order valence-electron chi connectivity index (χ3n) is 1.23. The number of halogens is 1. The SMILES string of the molecule is CS(=O)(=O)CCNc1ncc(Br)s1. The van der Waals surface area contributed by atoms with Crippen LogP contribution in [0.25, 0.3) is 0 Å². The second kappa shape index (κ2) is 4.39. The van der Waals surface area contributed by atoms with Crippen LogP contribution in [-0.2, 0) is 9.84 Å². The molecule has 1 rings (SSSR count). The number of anilines is 1. The van der Waals surface area contributed by atoms with Gasteiger partial charge < -0.3 is 5.32 Å². The van der Waals surface area contributed by atoms with E-state index in [4.69, 9.17) is 0 Å². The van der Waals surface area contributed by atoms with Crippen molar-refractivity contribution in [3.8, 4) is 0 Å². The third kappa shape index (κ3) is 4.58. The van der Waals surface area contributed by atoms with Crippen molar-refractivity contribution in [2.45, 2.75) is 0 Å². The number of nitrogens with one attached hydrogen (secondary N) is 1. The summed E-state index contributed by atoms with van der Waals surface area (Å²) in [5, 5.41) is 3.65. The predicted molar refractivity (Wildman–Crippen MR) is 58.0 cm³/mol. The molecule has 0 radical (unpaired) electrons. The van der Waals surface area contributed by atoms with Crippen molar-refractivity contribution >= 4 is 42.2 Å². The number of hydrogen-bond donors (Lipinski definition) is 1. The molecule has 1 N–H and O–H groups in total. The number of rotatable bonds is 4. The van der Waals surface area contributed by atoms with Gasteiger partial charge >= 0.3 is 0 Å². The van der Waals surface area contributed by atoms with E-state index in [0.29, 0.717) is 6.54 Å². The average molecular weight is 285 g/mol. The van der Waals surface area contributed by atoms with Gasteiger partial charge in [0.2, 0.25) is 0 Å². The number of nitrogens with zero attached hydrogens (tertiary/aromatic N) is 1. The van der Waals surface area contributed by atoms with Crippen molar-refractivity contribution in [2.24, 2.45) is 0 Å². The summed E-state index contributed by atoms with van der Waals surface area (Å²) in [6.45, 7) is 0.402. The molecule has 1 heterocycles. The molecule has 0 fully saturated rings. The molecule has 0 aliphatic heterocycles. The van der Waals surface area contributed by atoms with Crippen LogP contribution in [0.4, 0.5) is 5.13 Å². The first-order chi connectivity index (χ1) is 5.97. The zero-order valence-electron chi connectivity index (χ0n) is 6.95. The Balaban J connectivity index is 2.36. The second-order valence-corrected chi connectivity index (χ2v) is 7.20. The van der Waals surface area contributed by atoms with E-state index in [9.17, 15) is 8.42 Å². The first-order valence-corrected chi connectivity index (χ1v) is 7.17. The van der Waals surface area contributed by atoms with Gasteiger partial charge in [-0.3, -0.25) is 0 Å². The van der Waals surface area contributed by atoms with Gasteiger partial charge in [0.1, 0.15) is 9.84 Å². The van der Waals surface area contributed by atoms with Crippen molar-refractivity contribution < 1.29 is 8.42 Å². The third-order valence-corrected chi connectivity index (χ3v) is 3.61. The summed E-state index contributed by atoms with van der Waals surface area (Å²) >= 11 is 4.70. The molecular formula is C6H9BrN2O2S2. The average Bonchev–Trinajstić information content (AvgIpc) is 2.33. The topological polar surface area (TPSA) is 59.1 Å². The summed E-state index contributed by atoms with van der Waals surface area (Å²) in [6.07, 6.45) is 2.89. The number of thiazole rings is 1. The first kappa shape index (κ1) is 10.9. The van der Waals surface area contributed by atoms with E-state index in [0.717, 1.165) is 8.92 Å². The molecule has 0 saturated carbocycles. The summed E-state index contributed by atoms with van der Waals surface area (Å²) in [7, 11) is -2.88. The molecule has 0 aliphatic rings. The fourth-order valence-corrected chi connectivity index (χ4v) is 2.28. The molecule has 4 nitrogen and oxygen atoms in total. The Labute approximate surface area is 89.4 Å². The Hall–Kier alpha value is -0.140. The Morgan fingerprint density at radius 2 is 2.38 bits per heavy atom. The van der Waals surface area contributed by atoms with E-state index in [1.165, 1.54) is 17.6 Å². The molecule has 0 amide bonds. The molecule has 0 atom stereocenters. The number of aromatic nitrogens is 1. The van der Waals surface area contributed by atoms with E-state index in [-0.39, 0.29) is 5.75 Å². The van der Waals surface area contributed by atoms with Gasteiger partial charge in [0, 0.05) is 12.8 Å². The van der Waals surface area contributed by atoms with Crippen LogP contribution < -0.4 is 5.32 Å². The highest BCUT2D eigenvalue weighted by molar-refractivity contribution is 9.11. The Morgan fingerprint density at radius 3 is 2.85 bits per heavy atom. The van der Waals surface area contributed by atoms with Gasteiger partial charge in [-0.25, -0.2) is 13.4 Å². The number of sulfone groups is 1. The van der Waals surface area contributed by atoms with Gasteiger partial charge in [0.25, 0.3) is 0 Å². The fraction of sp³-hybridized carbons (Fsp3) is 0.500. The molecule has 74 valence electrons. The van der Waals surface area contributed by atoms with Crippen LogP contribution in [-0.4, -0.2) is 32.0 Å². The lowest BCUT2D eigenvalue weighted by Crippen LogP contribution is -2.13. The van der Waals surface area contributed by atoms with Crippen LogP contribution in [0.15, 0.2) is 9.98 Å². The quantitative estimate of drug-likeness (QED) is 0.907. The zero-order chi connectivity index (χ0) is 9.90. The largest absolute Gasteiger partial charge is 0.360 e. The van der Waals surface area contributed by atoms with Gasteiger partial charge in [-0.1, -0.05) is 11.3 Å². The fourth-order valence-electron chi connectivity index (χ4n) is 0.680. The summed E-state index contributed by atoms with van der Waals surface area (Å²) in [4.78, 5) is 4.00. The van der Waals surface area contributed by atoms with Crippen molar-refractivity contribution in [3.63, 3.8) is 0 Å². The molecular weight excluding hydrogens is 276 g/mol. The van der Waals surface area contributed by atoms with Crippen molar-refractivity contribution in [1.29, 1.82) is 0 Å². The molecule has 0 bridgehead atoms. The van der Waals surface area contributed by atoms with Crippen molar-refractivity contribution in [2.75, 3.05) is 23.9 Å². The zero-order valence-corrected chi connectivity index (χ0v) is 10.2. The molecule has 13 heavy (non-hydrogen) atoms. The molecule has 0 unspecified atom stereocenters. The summed E-state index contributed by atoms with van der Waals surface area (Å²) in [5.41, 5.74) is 0. The lowest BCUT2D eigenvalue weighted by Gasteiger charge is -1.99. The highest BCUT2D eigenvalue weighted by Gasteiger charge is 2.02. The van der Waals surface area contributed by atoms with E-state index >= 15 is 0 Å². The summed E-state index contributed by atoms with van der Waals surface area (Å²) in [6, 6.07) is 0. The van der Waals surface area contributed by atoms with Crippen LogP contribution in [0.2, 0.25) is 0 Å². The first-order valence-electron chi connectivity index (χ1n) is 3.50. The summed E-state index contributed by atoms with van der Waals surface area (Å²) in [5.74, 6) is 0.129. The van der Waals surface area contributed by atoms with Crippen LogP contribution in [0.5, 0.6) is 0 Å². The summed E-state index contributed by atoms with van der Waals surface area (Å²) < 4.78 is 22.4. The highest BCUT2D eigenvalue weighted by Crippen LogP contribution is 2.22. The maximum atomic E-state index is 10.8. The maximum Gasteiger partial charge on any atom is 0.183 e. The predicted octanol–water partition coefficient (Wildman–Crippen LogP) is 1.36. The van der Waals surface area contributed by atoms with E-state index < -0.39 is 9.84 Å². The molecule has 7 heteroatoms. The van der Waals surface area contributed by atoms with Gasteiger partial charge in [0.05, 0.1) is 15.7 Å². The maximum absolute atomic E-state index is 10.8. The number of hydrogen-bond acceptors (Lipinski definition) is 5. The Bertz CT molecular complexity index is 374. The van der Waals surface area contributed by atoms with E-state index in [1.54, 1.807) is 6.20 Å². The van der Waals surface area contributed by atoms with Gasteiger partial charge in [-0.05, 0) is 15.9 Å². The lowest BCUT2D eigenvalue weighted by atomic mass is 10.7. The van der Waals surface area contributed by atoms with Crippen LogP contribution in [0.1, 0.15) is 0 Å². The van der Waals surface area contributed by atoms with Crippen LogP contribution >= 0.6 is 27.3 Å². The molecule has 0 aromatic carbocycles. The van der Waals surface area contributed by atoms with Crippen LogP contribution in [0, 0.1) is 0 Å². The van der Waals surface area contributed by atoms with Gasteiger partial charge in [-0.2, -0.15) is 0 Å². The minimum atomic E-state index is -2.88. The van der Waals surface area contributed by atoms with Crippen LogP contribution in [0.3, 0.4) is 0 Å². The Kier molecular flexibility index (Phi) is 3.69. The molecule has 1 aromatic rings. The highest BCUT2D eigenvalue weighted by atomic mass is 79.9. The minimum Gasteiger partial charge on any atom is -0.360 e. The lowest BCUT2D eigenvalue weighted by molar-refractivity contribution is 0.602. The Morgan fingerprint density at radius 1 is 1.69 bits per heavy atom. The standard InChI is InChI=1S/C6H9BrN2O2S2/c1-13(10,11)3-2-8-6-9-4-5(7)12-6/h4H,2-3H2,1H3,(H,8,9). The van der Waals surface area contributed by atoms with Crippen molar-refractivity contribution in [1.82, 2.24) is 4.98 Å². The molecule has 0 aliphatic carbocycles. The minimum absolute atomic E-state index is 0.129. The second-order valence-electron chi connectivity index (χ2n) is 2.53. The van der Waals surface area contributed by atoms with E-state index in [1.807, 2.05) is 0 Å². The monoisotopic (exact) mass is 284 g/mol. The van der Waals surface area contributed by atoms with Crippen molar-refractivity contribution in [3.05, 3.63) is 9.98 Å². The molecule has 1 aromatic heterocycles. The normalized spacial score (nSPS) is 11.5. The van der Waals surface area contributed by atoms with Gasteiger partial charge in [-0.15, -0.1) is 0 Å². The smallest absolute Gasteiger partial charge is 0.183 e.